The molecule has 0 bridgehead atoms. The Hall–Kier alpha value is -0.780. The number of hydrogen-bond acceptors (Lipinski definition) is 2. The summed E-state index contributed by atoms with van der Waals surface area (Å²) in [5.74, 6) is -0.142. The van der Waals surface area contributed by atoms with Gasteiger partial charge in [0.05, 0.1) is 0 Å². The van der Waals surface area contributed by atoms with E-state index < -0.39 is 18.1 Å². The van der Waals surface area contributed by atoms with Gasteiger partial charge in [0, 0.05) is 24.9 Å². The summed E-state index contributed by atoms with van der Waals surface area (Å²) < 4.78 is 35.7. The number of halogens is 3. The highest BCUT2D eigenvalue weighted by Crippen LogP contribution is 2.28. The fraction of sp³-hybridized carbons (Fsp3) is 0.923. The summed E-state index contributed by atoms with van der Waals surface area (Å²) in [5.41, 5.74) is 5.73. The lowest BCUT2D eigenvalue weighted by atomic mass is 9.80. The van der Waals surface area contributed by atoms with Gasteiger partial charge in [-0.15, -0.1) is 0 Å². The molecule has 0 aliphatic heterocycles. The lowest BCUT2D eigenvalue weighted by Gasteiger charge is -2.32. The number of carbonyl (C=O) groups excluding carboxylic acids is 1. The molecule has 0 aromatic carbocycles. The van der Waals surface area contributed by atoms with Crippen molar-refractivity contribution in [2.24, 2.45) is 5.73 Å². The highest BCUT2D eigenvalue weighted by atomic mass is 19.4. The van der Waals surface area contributed by atoms with E-state index in [9.17, 15) is 18.0 Å². The topological polar surface area (TPSA) is 55.1 Å². The van der Waals surface area contributed by atoms with E-state index in [1.54, 1.807) is 0 Å². The van der Waals surface area contributed by atoms with Crippen molar-refractivity contribution in [2.45, 2.75) is 69.5 Å². The molecule has 112 valence electrons. The number of hydrogen-bond donors (Lipinski definition) is 2. The van der Waals surface area contributed by atoms with Crippen LogP contribution in [0.1, 0.15) is 57.8 Å². The molecular formula is C13H23F3N2O. The van der Waals surface area contributed by atoms with E-state index in [-0.39, 0.29) is 18.7 Å². The van der Waals surface area contributed by atoms with E-state index in [4.69, 9.17) is 5.73 Å². The van der Waals surface area contributed by atoms with Gasteiger partial charge in [0.2, 0.25) is 5.91 Å². The number of amides is 1. The van der Waals surface area contributed by atoms with E-state index >= 15 is 0 Å². The van der Waals surface area contributed by atoms with Crippen LogP contribution in [0.2, 0.25) is 0 Å². The van der Waals surface area contributed by atoms with Crippen molar-refractivity contribution in [2.75, 3.05) is 6.54 Å². The lowest BCUT2D eigenvalue weighted by Crippen LogP contribution is -2.46. The summed E-state index contributed by atoms with van der Waals surface area (Å²) in [7, 11) is 0. The molecule has 0 heterocycles. The number of alkyl halides is 3. The summed E-state index contributed by atoms with van der Waals surface area (Å²) in [4.78, 5) is 11.7. The Balaban J connectivity index is 2.11. The molecule has 1 fully saturated rings. The molecule has 1 rings (SSSR count). The van der Waals surface area contributed by atoms with Gasteiger partial charge in [-0.3, -0.25) is 4.79 Å². The van der Waals surface area contributed by atoms with Crippen molar-refractivity contribution in [1.29, 1.82) is 0 Å². The van der Waals surface area contributed by atoms with Crippen LogP contribution in [0.4, 0.5) is 13.2 Å². The summed E-state index contributed by atoms with van der Waals surface area (Å²) >= 11 is 0. The average Bonchev–Trinajstić information content (AvgIpc) is 2.27. The molecule has 3 N–H and O–H groups in total. The summed E-state index contributed by atoms with van der Waals surface area (Å²) in [6, 6.07) is 0. The third kappa shape index (κ3) is 7.40. The zero-order valence-corrected chi connectivity index (χ0v) is 11.2. The zero-order chi connectivity index (χ0) is 14.4. The van der Waals surface area contributed by atoms with E-state index in [0.717, 1.165) is 32.1 Å². The number of carbonyl (C=O) groups is 1. The van der Waals surface area contributed by atoms with Crippen LogP contribution in [0.15, 0.2) is 0 Å². The van der Waals surface area contributed by atoms with Gasteiger partial charge >= 0.3 is 6.18 Å². The average molecular weight is 280 g/mol. The largest absolute Gasteiger partial charge is 0.389 e. The maximum Gasteiger partial charge on any atom is 0.389 e. The first-order valence-electron chi connectivity index (χ1n) is 6.93. The highest BCUT2D eigenvalue weighted by Gasteiger charge is 2.30. The predicted molar refractivity (Wildman–Crippen MR) is 67.5 cm³/mol. The Morgan fingerprint density at radius 2 is 1.79 bits per heavy atom. The Bertz CT molecular complexity index is 286. The summed E-state index contributed by atoms with van der Waals surface area (Å²) in [6.45, 7) is 0.297. The van der Waals surface area contributed by atoms with Crippen LogP contribution in [0, 0.1) is 0 Å². The maximum absolute atomic E-state index is 11.9. The van der Waals surface area contributed by atoms with Gasteiger partial charge in [-0.1, -0.05) is 19.3 Å². The monoisotopic (exact) mass is 280 g/mol. The molecule has 0 saturated heterocycles. The third-order valence-corrected chi connectivity index (χ3v) is 3.57. The minimum Gasteiger partial charge on any atom is -0.356 e. The number of nitrogens with two attached hydrogens (primary N) is 1. The minimum absolute atomic E-state index is 0.0531. The molecule has 19 heavy (non-hydrogen) atoms. The van der Waals surface area contributed by atoms with E-state index in [2.05, 4.69) is 5.32 Å². The molecule has 0 aromatic heterocycles. The first kappa shape index (κ1) is 16.3. The second-order valence-corrected chi connectivity index (χ2v) is 5.52. The van der Waals surface area contributed by atoms with Gasteiger partial charge in [-0.05, 0) is 25.7 Å². The third-order valence-electron chi connectivity index (χ3n) is 3.57. The standard InChI is InChI=1S/C13H23F3N2O/c14-13(15,16)8-4-5-9-18-11(19)10-12(17)6-2-1-3-7-12/h1-10,17H2,(H,18,19). The van der Waals surface area contributed by atoms with Crippen LogP contribution in [0.25, 0.3) is 0 Å². The molecule has 0 unspecified atom stereocenters. The molecule has 1 aliphatic rings. The van der Waals surface area contributed by atoms with Crippen LogP contribution in [-0.4, -0.2) is 24.2 Å². The Kier molecular flexibility index (Phi) is 6.10. The van der Waals surface area contributed by atoms with Crippen molar-refractivity contribution < 1.29 is 18.0 Å². The fourth-order valence-electron chi connectivity index (χ4n) is 2.49. The number of rotatable bonds is 6. The normalized spacial score (nSPS) is 19.2. The van der Waals surface area contributed by atoms with Crippen LogP contribution in [0.5, 0.6) is 0 Å². The van der Waals surface area contributed by atoms with Crippen molar-refractivity contribution in [1.82, 2.24) is 5.32 Å². The molecule has 6 heteroatoms. The lowest BCUT2D eigenvalue weighted by molar-refractivity contribution is -0.135. The van der Waals surface area contributed by atoms with Crippen molar-refractivity contribution in [3.63, 3.8) is 0 Å². The molecule has 0 aromatic rings. The first-order valence-corrected chi connectivity index (χ1v) is 6.93. The second kappa shape index (κ2) is 7.12. The van der Waals surface area contributed by atoms with E-state index in [1.807, 2.05) is 0 Å². The van der Waals surface area contributed by atoms with Gasteiger partial charge in [0.25, 0.3) is 0 Å². The van der Waals surface area contributed by atoms with Crippen molar-refractivity contribution in [3.05, 3.63) is 0 Å². The van der Waals surface area contributed by atoms with Gasteiger partial charge < -0.3 is 11.1 Å². The quantitative estimate of drug-likeness (QED) is 0.735. The molecule has 3 nitrogen and oxygen atoms in total. The van der Waals surface area contributed by atoms with Crippen LogP contribution < -0.4 is 11.1 Å². The Morgan fingerprint density at radius 3 is 2.37 bits per heavy atom. The molecule has 0 radical (unpaired) electrons. The van der Waals surface area contributed by atoms with Crippen LogP contribution >= 0.6 is 0 Å². The fourth-order valence-corrected chi connectivity index (χ4v) is 2.49. The molecule has 1 saturated carbocycles. The Morgan fingerprint density at radius 1 is 1.16 bits per heavy atom. The van der Waals surface area contributed by atoms with E-state index in [1.165, 1.54) is 0 Å². The van der Waals surface area contributed by atoms with Crippen LogP contribution in [0.3, 0.4) is 0 Å². The predicted octanol–water partition coefficient (Wildman–Crippen LogP) is 2.89. The zero-order valence-electron chi connectivity index (χ0n) is 11.2. The van der Waals surface area contributed by atoms with Gasteiger partial charge in [-0.25, -0.2) is 0 Å². The first-order chi connectivity index (χ1) is 8.81. The molecule has 0 spiro atoms. The maximum atomic E-state index is 11.9. The van der Waals surface area contributed by atoms with Crippen molar-refractivity contribution >= 4 is 5.91 Å². The summed E-state index contributed by atoms with van der Waals surface area (Å²) in [6.07, 6.45) is 0.773. The van der Waals surface area contributed by atoms with Gasteiger partial charge in [-0.2, -0.15) is 13.2 Å². The SMILES string of the molecule is NC1(CC(=O)NCCCCC(F)(F)F)CCCCC1. The van der Waals surface area contributed by atoms with E-state index in [0.29, 0.717) is 13.0 Å². The van der Waals surface area contributed by atoms with Gasteiger partial charge in [0.1, 0.15) is 0 Å². The van der Waals surface area contributed by atoms with Gasteiger partial charge in [0.15, 0.2) is 0 Å². The molecule has 0 atom stereocenters. The second-order valence-electron chi connectivity index (χ2n) is 5.52. The number of unbranched alkanes of at least 4 members (excludes halogenated alkanes) is 1. The number of nitrogens with one attached hydrogen (secondary N) is 1. The van der Waals surface area contributed by atoms with Crippen molar-refractivity contribution in [3.8, 4) is 0 Å². The summed E-state index contributed by atoms with van der Waals surface area (Å²) in [5, 5.41) is 2.66. The smallest absolute Gasteiger partial charge is 0.356 e. The van der Waals surface area contributed by atoms with Crippen LogP contribution in [-0.2, 0) is 4.79 Å². The highest BCUT2D eigenvalue weighted by molar-refractivity contribution is 5.77. The minimum atomic E-state index is -4.10. The molecular weight excluding hydrogens is 257 g/mol. The molecule has 1 aliphatic carbocycles. The molecule has 1 amide bonds. The Labute approximate surface area is 112 Å².